The molecular formula is C14H25F3N2. The van der Waals surface area contributed by atoms with Crippen LogP contribution in [0.25, 0.3) is 0 Å². The van der Waals surface area contributed by atoms with Crippen molar-refractivity contribution in [2.24, 2.45) is 17.8 Å². The molecule has 0 amide bonds. The lowest BCUT2D eigenvalue weighted by atomic mass is 9.74. The average molecular weight is 278 g/mol. The fraction of sp³-hybridized carbons (Fsp3) is 1.00. The minimum absolute atomic E-state index is 0.195. The van der Waals surface area contributed by atoms with Gasteiger partial charge >= 0.3 is 6.18 Å². The van der Waals surface area contributed by atoms with E-state index in [-0.39, 0.29) is 11.8 Å². The maximum absolute atomic E-state index is 13.2. The van der Waals surface area contributed by atoms with Crippen molar-refractivity contribution in [2.45, 2.75) is 32.4 Å². The number of nitrogens with zero attached hydrogens (tertiary/aromatic N) is 2. The Bertz CT molecular complexity index is 285. The van der Waals surface area contributed by atoms with Crippen LogP contribution in [-0.2, 0) is 0 Å². The Balaban J connectivity index is 1.93. The molecule has 0 aromatic carbocycles. The third kappa shape index (κ3) is 4.09. The maximum atomic E-state index is 13.2. The molecule has 0 N–H and O–H groups in total. The molecule has 2 aliphatic rings. The van der Waals surface area contributed by atoms with E-state index in [2.05, 4.69) is 16.8 Å². The lowest BCUT2D eigenvalue weighted by Crippen LogP contribution is -2.48. The molecule has 1 saturated heterocycles. The molecule has 0 spiro atoms. The molecule has 112 valence electrons. The molecule has 3 atom stereocenters. The third-order valence-electron chi connectivity index (χ3n) is 4.76. The van der Waals surface area contributed by atoms with Gasteiger partial charge in [0.05, 0.1) is 5.92 Å². The number of likely N-dealkylation sites (N-methyl/N-ethyl adjacent to an activating group) is 1. The summed E-state index contributed by atoms with van der Waals surface area (Å²) in [4.78, 5) is 4.46. The molecule has 1 aliphatic heterocycles. The second kappa shape index (κ2) is 6.00. The van der Waals surface area contributed by atoms with E-state index in [4.69, 9.17) is 0 Å². The lowest BCUT2D eigenvalue weighted by molar-refractivity contribution is -0.202. The van der Waals surface area contributed by atoms with Gasteiger partial charge in [0.1, 0.15) is 0 Å². The number of alkyl halides is 3. The predicted octanol–water partition coefficient (Wildman–Crippen LogP) is 2.85. The van der Waals surface area contributed by atoms with Gasteiger partial charge in [-0.2, -0.15) is 13.2 Å². The Morgan fingerprint density at radius 1 is 1.05 bits per heavy atom. The molecule has 2 rings (SSSR count). The van der Waals surface area contributed by atoms with Crippen molar-refractivity contribution in [3.63, 3.8) is 0 Å². The third-order valence-corrected chi connectivity index (χ3v) is 4.76. The van der Waals surface area contributed by atoms with Crippen LogP contribution in [0.5, 0.6) is 0 Å². The normalized spacial score (nSPS) is 35.5. The summed E-state index contributed by atoms with van der Waals surface area (Å²) in [6, 6.07) is 0. The van der Waals surface area contributed by atoms with Gasteiger partial charge in [-0.05, 0) is 31.7 Å². The molecule has 2 fully saturated rings. The van der Waals surface area contributed by atoms with Crippen molar-refractivity contribution >= 4 is 0 Å². The van der Waals surface area contributed by atoms with E-state index >= 15 is 0 Å². The summed E-state index contributed by atoms with van der Waals surface area (Å²) >= 11 is 0. The van der Waals surface area contributed by atoms with Crippen LogP contribution in [0, 0.1) is 17.8 Å². The number of halogens is 3. The first-order chi connectivity index (χ1) is 8.86. The fourth-order valence-electron chi connectivity index (χ4n) is 3.43. The van der Waals surface area contributed by atoms with Gasteiger partial charge in [-0.15, -0.1) is 0 Å². The summed E-state index contributed by atoms with van der Waals surface area (Å²) in [7, 11) is 2.07. The zero-order valence-corrected chi connectivity index (χ0v) is 11.9. The van der Waals surface area contributed by atoms with Gasteiger partial charge in [-0.25, -0.2) is 0 Å². The second-order valence-electron chi connectivity index (χ2n) is 6.43. The standard InChI is InChI=1S/C14H25F3N2/c1-11-3-4-12(13(9-11)14(15,16)17)10-19-7-5-18(2)6-8-19/h11-13H,3-10H2,1-2H3/t11-,12-,13-/m0/s1. The summed E-state index contributed by atoms with van der Waals surface area (Å²) in [6.45, 7) is 6.34. The Morgan fingerprint density at radius 2 is 1.68 bits per heavy atom. The molecule has 19 heavy (non-hydrogen) atoms. The predicted molar refractivity (Wildman–Crippen MR) is 70.0 cm³/mol. The van der Waals surface area contributed by atoms with E-state index in [1.54, 1.807) is 0 Å². The van der Waals surface area contributed by atoms with E-state index in [1.165, 1.54) is 0 Å². The summed E-state index contributed by atoms with van der Waals surface area (Å²) in [6.07, 6.45) is -2.02. The van der Waals surface area contributed by atoms with Gasteiger partial charge in [0.2, 0.25) is 0 Å². The van der Waals surface area contributed by atoms with Crippen molar-refractivity contribution < 1.29 is 13.2 Å². The highest BCUT2D eigenvalue weighted by atomic mass is 19.4. The molecular weight excluding hydrogens is 253 g/mol. The van der Waals surface area contributed by atoms with Crippen LogP contribution in [0.2, 0.25) is 0 Å². The Kier molecular flexibility index (Phi) is 4.77. The summed E-state index contributed by atoms with van der Waals surface area (Å²) in [5.74, 6) is -1.06. The molecule has 1 saturated carbocycles. The zero-order valence-electron chi connectivity index (χ0n) is 11.9. The average Bonchev–Trinajstić information content (AvgIpc) is 2.33. The van der Waals surface area contributed by atoms with Crippen molar-refractivity contribution in [3.8, 4) is 0 Å². The second-order valence-corrected chi connectivity index (χ2v) is 6.43. The quantitative estimate of drug-likeness (QED) is 0.766. The topological polar surface area (TPSA) is 6.48 Å². The minimum Gasteiger partial charge on any atom is -0.304 e. The SMILES string of the molecule is C[C@H]1CC[C@@H](CN2CCN(C)CC2)[C@@H](C(F)(F)F)C1. The Labute approximate surface area is 113 Å². The maximum Gasteiger partial charge on any atom is 0.392 e. The number of hydrogen-bond donors (Lipinski definition) is 0. The van der Waals surface area contributed by atoms with Gasteiger partial charge in [-0.1, -0.05) is 13.3 Å². The molecule has 0 unspecified atom stereocenters. The van der Waals surface area contributed by atoms with E-state index < -0.39 is 12.1 Å². The van der Waals surface area contributed by atoms with Crippen LogP contribution in [0.1, 0.15) is 26.2 Å². The summed E-state index contributed by atoms with van der Waals surface area (Å²) < 4.78 is 39.5. The van der Waals surface area contributed by atoms with E-state index in [0.717, 1.165) is 39.0 Å². The molecule has 2 nitrogen and oxygen atoms in total. The van der Waals surface area contributed by atoms with Crippen molar-refractivity contribution in [2.75, 3.05) is 39.8 Å². The molecule has 0 bridgehead atoms. The minimum atomic E-state index is -4.02. The van der Waals surface area contributed by atoms with Gasteiger partial charge in [0.15, 0.2) is 0 Å². The molecule has 1 heterocycles. The highest BCUT2D eigenvalue weighted by molar-refractivity contribution is 4.86. The monoisotopic (exact) mass is 278 g/mol. The molecule has 0 radical (unpaired) electrons. The van der Waals surface area contributed by atoms with Gasteiger partial charge in [-0.3, -0.25) is 0 Å². The van der Waals surface area contributed by atoms with Crippen LogP contribution >= 0.6 is 0 Å². The van der Waals surface area contributed by atoms with E-state index in [1.807, 2.05) is 6.92 Å². The van der Waals surface area contributed by atoms with Crippen molar-refractivity contribution in [1.82, 2.24) is 9.80 Å². The van der Waals surface area contributed by atoms with Crippen LogP contribution < -0.4 is 0 Å². The lowest BCUT2D eigenvalue weighted by Gasteiger charge is -2.40. The fourth-order valence-corrected chi connectivity index (χ4v) is 3.43. The smallest absolute Gasteiger partial charge is 0.304 e. The van der Waals surface area contributed by atoms with Gasteiger partial charge in [0.25, 0.3) is 0 Å². The highest BCUT2D eigenvalue weighted by Gasteiger charge is 2.47. The Hall–Kier alpha value is -0.290. The first-order valence-electron chi connectivity index (χ1n) is 7.34. The van der Waals surface area contributed by atoms with Crippen molar-refractivity contribution in [1.29, 1.82) is 0 Å². The number of piperazine rings is 1. The summed E-state index contributed by atoms with van der Waals surface area (Å²) in [5.41, 5.74) is 0. The first kappa shape index (κ1) is 15.1. The number of rotatable bonds is 2. The van der Waals surface area contributed by atoms with E-state index in [0.29, 0.717) is 13.0 Å². The van der Waals surface area contributed by atoms with Crippen molar-refractivity contribution in [3.05, 3.63) is 0 Å². The van der Waals surface area contributed by atoms with Crippen LogP contribution in [0.4, 0.5) is 13.2 Å². The molecule has 5 heteroatoms. The number of hydrogen-bond acceptors (Lipinski definition) is 2. The van der Waals surface area contributed by atoms with Gasteiger partial charge in [0, 0.05) is 32.7 Å². The van der Waals surface area contributed by atoms with E-state index in [9.17, 15) is 13.2 Å². The molecule has 0 aromatic rings. The van der Waals surface area contributed by atoms with Crippen LogP contribution in [0.15, 0.2) is 0 Å². The van der Waals surface area contributed by atoms with Gasteiger partial charge < -0.3 is 9.80 Å². The van der Waals surface area contributed by atoms with Crippen LogP contribution in [-0.4, -0.2) is 55.7 Å². The largest absolute Gasteiger partial charge is 0.392 e. The highest BCUT2D eigenvalue weighted by Crippen LogP contribution is 2.43. The molecule has 1 aliphatic carbocycles. The first-order valence-corrected chi connectivity index (χ1v) is 7.34. The Morgan fingerprint density at radius 3 is 2.26 bits per heavy atom. The zero-order chi connectivity index (χ0) is 14.0. The summed E-state index contributed by atoms with van der Waals surface area (Å²) in [5, 5.41) is 0. The molecule has 0 aromatic heterocycles. The van der Waals surface area contributed by atoms with Crippen LogP contribution in [0.3, 0.4) is 0 Å².